The van der Waals surface area contributed by atoms with E-state index in [1.807, 2.05) is 0 Å². The molecule has 0 amide bonds. The number of alkyl halides is 1. The maximum atomic E-state index is 12.4. The molecule has 1 unspecified atom stereocenters. The Kier molecular flexibility index (Phi) is 5.42. The van der Waals surface area contributed by atoms with E-state index in [4.69, 9.17) is 16.3 Å². The molecule has 1 aromatic heterocycles. The highest BCUT2D eigenvalue weighted by Crippen LogP contribution is 2.18. The molecule has 1 atom stereocenters. The van der Waals surface area contributed by atoms with Gasteiger partial charge in [0.25, 0.3) is 0 Å². The van der Waals surface area contributed by atoms with Gasteiger partial charge in [-0.05, 0) is 19.3 Å². The van der Waals surface area contributed by atoms with E-state index in [9.17, 15) is 8.42 Å². The standard InChI is InChI=1S/C12H20ClN3O3S/c1-15(9-11-4-2-7-19-11)20(17,18)12-8-14-16(10-12)6-3-5-13/h8,10-11H,2-7,9H2,1H3. The molecule has 0 aliphatic carbocycles. The van der Waals surface area contributed by atoms with E-state index in [0.717, 1.165) is 25.9 Å². The highest BCUT2D eigenvalue weighted by Gasteiger charge is 2.27. The first-order valence-electron chi connectivity index (χ1n) is 6.70. The van der Waals surface area contributed by atoms with Crippen LogP contribution in [0.2, 0.25) is 0 Å². The molecule has 2 heterocycles. The minimum atomic E-state index is -3.49. The Morgan fingerprint density at radius 2 is 2.40 bits per heavy atom. The zero-order chi connectivity index (χ0) is 14.6. The van der Waals surface area contributed by atoms with Crippen LogP contribution in [0.3, 0.4) is 0 Å². The molecule has 114 valence electrons. The lowest BCUT2D eigenvalue weighted by atomic mass is 10.2. The van der Waals surface area contributed by atoms with E-state index in [0.29, 0.717) is 19.0 Å². The van der Waals surface area contributed by atoms with Crippen LogP contribution in [0.1, 0.15) is 19.3 Å². The number of halogens is 1. The Hall–Kier alpha value is -0.630. The molecule has 1 aliphatic rings. The second-order valence-corrected chi connectivity index (χ2v) is 7.33. The van der Waals surface area contributed by atoms with Crippen LogP contribution in [-0.2, 0) is 21.3 Å². The first kappa shape index (κ1) is 15.8. The number of aromatic nitrogens is 2. The van der Waals surface area contributed by atoms with Crippen molar-refractivity contribution in [1.29, 1.82) is 0 Å². The fraction of sp³-hybridized carbons (Fsp3) is 0.750. The van der Waals surface area contributed by atoms with Gasteiger partial charge in [0.2, 0.25) is 10.0 Å². The number of ether oxygens (including phenoxy) is 1. The van der Waals surface area contributed by atoms with Crippen LogP contribution in [0.15, 0.2) is 17.3 Å². The van der Waals surface area contributed by atoms with Crippen molar-refractivity contribution >= 4 is 21.6 Å². The predicted octanol–water partition coefficient (Wildman–Crippen LogP) is 1.31. The van der Waals surface area contributed by atoms with Gasteiger partial charge >= 0.3 is 0 Å². The Morgan fingerprint density at radius 1 is 1.60 bits per heavy atom. The van der Waals surface area contributed by atoms with Gasteiger partial charge in [-0.2, -0.15) is 9.40 Å². The van der Waals surface area contributed by atoms with Crippen LogP contribution < -0.4 is 0 Å². The molecule has 0 radical (unpaired) electrons. The molecule has 0 saturated carbocycles. The van der Waals surface area contributed by atoms with Crippen molar-refractivity contribution in [3.8, 4) is 0 Å². The van der Waals surface area contributed by atoms with Gasteiger partial charge in [-0.25, -0.2) is 8.42 Å². The summed E-state index contributed by atoms with van der Waals surface area (Å²) in [5.41, 5.74) is 0. The number of nitrogens with zero attached hydrogens (tertiary/aromatic N) is 3. The summed E-state index contributed by atoms with van der Waals surface area (Å²) in [6, 6.07) is 0. The number of hydrogen-bond donors (Lipinski definition) is 0. The molecule has 0 bridgehead atoms. The largest absolute Gasteiger partial charge is 0.377 e. The van der Waals surface area contributed by atoms with Gasteiger partial charge in [-0.1, -0.05) is 0 Å². The minimum Gasteiger partial charge on any atom is -0.377 e. The van der Waals surface area contributed by atoms with Gasteiger partial charge in [-0.3, -0.25) is 4.68 Å². The summed E-state index contributed by atoms with van der Waals surface area (Å²) in [5.74, 6) is 0.529. The van der Waals surface area contributed by atoms with Crippen LogP contribution in [0.5, 0.6) is 0 Å². The number of hydrogen-bond acceptors (Lipinski definition) is 4. The van der Waals surface area contributed by atoms with Crippen molar-refractivity contribution in [3.05, 3.63) is 12.4 Å². The molecule has 6 nitrogen and oxygen atoms in total. The van der Waals surface area contributed by atoms with E-state index in [-0.39, 0.29) is 11.0 Å². The van der Waals surface area contributed by atoms with Crippen molar-refractivity contribution in [3.63, 3.8) is 0 Å². The molecule has 0 aromatic carbocycles. The van der Waals surface area contributed by atoms with E-state index in [1.54, 1.807) is 17.9 Å². The first-order chi connectivity index (χ1) is 9.54. The quantitative estimate of drug-likeness (QED) is 0.710. The average molecular weight is 322 g/mol. The Labute approximate surface area is 124 Å². The lowest BCUT2D eigenvalue weighted by Crippen LogP contribution is -2.33. The van der Waals surface area contributed by atoms with Gasteiger partial charge in [0.1, 0.15) is 4.90 Å². The fourth-order valence-corrected chi connectivity index (χ4v) is 3.45. The van der Waals surface area contributed by atoms with Gasteiger partial charge in [0, 0.05) is 38.8 Å². The van der Waals surface area contributed by atoms with Crippen LogP contribution >= 0.6 is 11.6 Å². The number of likely N-dealkylation sites (N-methyl/N-ethyl adjacent to an activating group) is 1. The summed E-state index contributed by atoms with van der Waals surface area (Å²) in [6.07, 6.45) is 5.60. The maximum Gasteiger partial charge on any atom is 0.246 e. The van der Waals surface area contributed by atoms with Crippen LogP contribution in [0, 0.1) is 0 Å². The lowest BCUT2D eigenvalue weighted by molar-refractivity contribution is 0.0979. The SMILES string of the molecule is CN(CC1CCCO1)S(=O)(=O)c1cnn(CCCCl)c1. The molecule has 1 aliphatic heterocycles. The monoisotopic (exact) mass is 321 g/mol. The molecular weight excluding hydrogens is 302 g/mol. The van der Waals surface area contributed by atoms with Crippen LogP contribution in [0.4, 0.5) is 0 Å². The molecule has 1 saturated heterocycles. The molecule has 1 aromatic rings. The van der Waals surface area contributed by atoms with Crippen LogP contribution in [-0.4, -0.2) is 54.7 Å². The van der Waals surface area contributed by atoms with Gasteiger partial charge in [0.05, 0.1) is 12.3 Å². The molecule has 20 heavy (non-hydrogen) atoms. The topological polar surface area (TPSA) is 64.4 Å². The van der Waals surface area contributed by atoms with Gasteiger partial charge < -0.3 is 4.74 Å². The van der Waals surface area contributed by atoms with Crippen molar-refractivity contribution in [2.45, 2.75) is 36.8 Å². The van der Waals surface area contributed by atoms with Crippen molar-refractivity contribution < 1.29 is 13.2 Å². The third-order valence-corrected chi connectivity index (χ3v) is 5.37. The fourth-order valence-electron chi connectivity index (χ4n) is 2.18. The minimum absolute atomic E-state index is 0.000989. The van der Waals surface area contributed by atoms with E-state index in [2.05, 4.69) is 5.10 Å². The molecule has 2 rings (SSSR count). The average Bonchev–Trinajstić information content (AvgIpc) is 3.07. The summed E-state index contributed by atoms with van der Waals surface area (Å²) < 4.78 is 33.2. The van der Waals surface area contributed by atoms with Gasteiger partial charge in [-0.15, -0.1) is 11.6 Å². The van der Waals surface area contributed by atoms with Crippen LogP contribution in [0.25, 0.3) is 0 Å². The Morgan fingerprint density at radius 3 is 3.05 bits per heavy atom. The van der Waals surface area contributed by atoms with Crippen molar-refractivity contribution in [1.82, 2.24) is 14.1 Å². The molecule has 1 fully saturated rings. The zero-order valence-electron chi connectivity index (χ0n) is 11.5. The molecule has 0 N–H and O–H groups in total. The summed E-state index contributed by atoms with van der Waals surface area (Å²) in [5, 5.41) is 4.06. The molecule has 0 spiro atoms. The van der Waals surface area contributed by atoms with E-state index < -0.39 is 10.0 Å². The molecule has 8 heteroatoms. The lowest BCUT2D eigenvalue weighted by Gasteiger charge is -2.19. The number of rotatable bonds is 7. The Balaban J connectivity index is 2.02. The number of aryl methyl sites for hydroxylation is 1. The predicted molar refractivity (Wildman–Crippen MR) is 76.4 cm³/mol. The summed E-state index contributed by atoms with van der Waals surface area (Å²) in [7, 11) is -1.92. The van der Waals surface area contributed by atoms with Crippen molar-refractivity contribution in [2.24, 2.45) is 0 Å². The number of sulfonamides is 1. The first-order valence-corrected chi connectivity index (χ1v) is 8.68. The summed E-state index contributed by atoms with van der Waals surface area (Å²) in [6.45, 7) is 1.72. The van der Waals surface area contributed by atoms with E-state index >= 15 is 0 Å². The van der Waals surface area contributed by atoms with Crippen molar-refractivity contribution in [2.75, 3.05) is 26.1 Å². The van der Waals surface area contributed by atoms with E-state index in [1.165, 1.54) is 10.5 Å². The Bertz CT molecular complexity index is 526. The van der Waals surface area contributed by atoms with Gasteiger partial charge in [0.15, 0.2) is 0 Å². The molecular formula is C12H20ClN3O3S. The normalized spacial score (nSPS) is 19.9. The summed E-state index contributed by atoms with van der Waals surface area (Å²) >= 11 is 5.61. The maximum absolute atomic E-state index is 12.4. The smallest absolute Gasteiger partial charge is 0.246 e. The highest BCUT2D eigenvalue weighted by molar-refractivity contribution is 7.89. The summed E-state index contributed by atoms with van der Waals surface area (Å²) in [4.78, 5) is 0.215. The highest BCUT2D eigenvalue weighted by atomic mass is 35.5. The zero-order valence-corrected chi connectivity index (χ0v) is 13.1. The second-order valence-electron chi connectivity index (χ2n) is 4.90. The second kappa shape index (κ2) is 6.89. The third kappa shape index (κ3) is 3.72. The third-order valence-electron chi connectivity index (χ3n) is 3.32.